The van der Waals surface area contributed by atoms with E-state index in [0.29, 0.717) is 15.5 Å². The van der Waals surface area contributed by atoms with Crippen molar-refractivity contribution in [3.05, 3.63) is 39.9 Å². The zero-order valence-electron chi connectivity index (χ0n) is 8.92. The van der Waals surface area contributed by atoms with Crippen molar-refractivity contribution in [1.29, 1.82) is 0 Å². The molecule has 1 aromatic carbocycles. The average Bonchev–Trinajstić information content (AvgIpc) is 2.81. The van der Waals surface area contributed by atoms with E-state index in [1.54, 1.807) is 0 Å². The minimum atomic E-state index is 0.628. The SMILES string of the molecule is Cc1nc(Br)c(-c2c[nH]c3ccc(Cl)cc23)o1. The number of oxazole rings is 1. The van der Waals surface area contributed by atoms with Crippen LogP contribution in [0.15, 0.2) is 33.4 Å². The standard InChI is InChI=1S/C12H8BrClN2O/c1-6-16-12(13)11(17-6)9-5-15-10-3-2-7(14)4-8(9)10/h2-5,15H,1H3. The van der Waals surface area contributed by atoms with Gasteiger partial charge in [0.2, 0.25) is 0 Å². The van der Waals surface area contributed by atoms with Crippen LogP contribution in [0.3, 0.4) is 0 Å². The molecule has 0 saturated carbocycles. The number of nitrogens with one attached hydrogen (secondary N) is 1. The second-order valence-corrected chi connectivity index (χ2v) is 4.93. The predicted octanol–water partition coefficient (Wildman–Crippen LogP) is 4.55. The van der Waals surface area contributed by atoms with Crippen molar-refractivity contribution < 1.29 is 4.42 Å². The van der Waals surface area contributed by atoms with E-state index in [4.69, 9.17) is 16.0 Å². The third kappa shape index (κ3) is 1.77. The topological polar surface area (TPSA) is 41.8 Å². The fraction of sp³-hybridized carbons (Fsp3) is 0.0833. The fourth-order valence-electron chi connectivity index (χ4n) is 1.85. The lowest BCUT2D eigenvalue weighted by atomic mass is 10.1. The summed E-state index contributed by atoms with van der Waals surface area (Å²) in [7, 11) is 0. The van der Waals surface area contributed by atoms with Gasteiger partial charge in [-0.2, -0.15) is 0 Å². The molecule has 17 heavy (non-hydrogen) atoms. The molecular formula is C12H8BrClN2O. The van der Waals surface area contributed by atoms with E-state index in [-0.39, 0.29) is 0 Å². The Kier molecular flexibility index (Phi) is 2.49. The third-order valence-electron chi connectivity index (χ3n) is 2.58. The maximum absolute atomic E-state index is 6.01. The molecule has 0 radical (unpaired) electrons. The number of aromatic amines is 1. The Morgan fingerprint density at radius 2 is 2.24 bits per heavy atom. The summed E-state index contributed by atoms with van der Waals surface area (Å²) in [6.45, 7) is 1.82. The highest BCUT2D eigenvalue weighted by atomic mass is 79.9. The first-order valence-corrected chi connectivity index (χ1v) is 6.22. The Bertz CT molecular complexity index is 702. The Hall–Kier alpha value is -1.26. The molecule has 0 bridgehead atoms. The molecule has 1 N–H and O–H groups in total. The Balaban J connectivity index is 2.30. The van der Waals surface area contributed by atoms with Gasteiger partial charge in [-0.3, -0.25) is 0 Å². The number of fused-ring (bicyclic) bond motifs is 1. The van der Waals surface area contributed by atoms with Gasteiger partial charge in [0.05, 0.1) is 0 Å². The van der Waals surface area contributed by atoms with Crippen LogP contribution in [-0.2, 0) is 0 Å². The number of benzene rings is 1. The van der Waals surface area contributed by atoms with Crippen LogP contribution in [0.5, 0.6) is 0 Å². The van der Waals surface area contributed by atoms with Crippen LogP contribution >= 0.6 is 27.5 Å². The number of hydrogen-bond acceptors (Lipinski definition) is 2. The smallest absolute Gasteiger partial charge is 0.192 e. The van der Waals surface area contributed by atoms with Gasteiger partial charge in [-0.25, -0.2) is 4.98 Å². The summed E-state index contributed by atoms with van der Waals surface area (Å²) < 4.78 is 6.29. The van der Waals surface area contributed by atoms with Crippen LogP contribution in [0.2, 0.25) is 5.02 Å². The summed E-state index contributed by atoms with van der Waals surface area (Å²) in [5, 5.41) is 1.72. The molecule has 0 saturated heterocycles. The highest BCUT2D eigenvalue weighted by molar-refractivity contribution is 9.10. The molecule has 0 aliphatic rings. The second kappa shape index (κ2) is 3.89. The van der Waals surface area contributed by atoms with Crippen molar-refractivity contribution in [3.63, 3.8) is 0 Å². The molecule has 3 rings (SSSR count). The predicted molar refractivity (Wildman–Crippen MR) is 71.2 cm³/mol. The number of aromatic nitrogens is 2. The van der Waals surface area contributed by atoms with Crippen LogP contribution in [0.4, 0.5) is 0 Å². The third-order valence-corrected chi connectivity index (χ3v) is 3.35. The molecule has 0 amide bonds. The highest BCUT2D eigenvalue weighted by Crippen LogP contribution is 2.35. The monoisotopic (exact) mass is 310 g/mol. The lowest BCUT2D eigenvalue weighted by molar-refractivity contribution is 0.534. The summed E-state index contributed by atoms with van der Waals surface area (Å²) in [5.41, 5.74) is 1.97. The maximum Gasteiger partial charge on any atom is 0.192 e. The van der Waals surface area contributed by atoms with Gasteiger partial charge in [0.1, 0.15) is 0 Å². The minimum absolute atomic E-state index is 0.628. The van der Waals surface area contributed by atoms with Gasteiger partial charge in [-0.05, 0) is 34.1 Å². The van der Waals surface area contributed by atoms with Crippen LogP contribution < -0.4 is 0 Å². The van der Waals surface area contributed by atoms with Gasteiger partial charge in [-0.15, -0.1) is 0 Å². The van der Waals surface area contributed by atoms with E-state index in [0.717, 1.165) is 22.2 Å². The zero-order valence-corrected chi connectivity index (χ0v) is 11.3. The van der Waals surface area contributed by atoms with Crippen molar-refractivity contribution in [2.24, 2.45) is 0 Å². The summed E-state index contributed by atoms with van der Waals surface area (Å²) in [4.78, 5) is 7.38. The van der Waals surface area contributed by atoms with Crippen LogP contribution in [0.25, 0.3) is 22.2 Å². The van der Waals surface area contributed by atoms with Gasteiger partial charge in [0, 0.05) is 34.6 Å². The van der Waals surface area contributed by atoms with E-state index >= 15 is 0 Å². The minimum Gasteiger partial charge on any atom is -0.440 e. The molecule has 0 fully saturated rings. The molecule has 86 valence electrons. The fourth-order valence-corrected chi connectivity index (χ4v) is 2.56. The molecule has 0 atom stereocenters. The van der Waals surface area contributed by atoms with Crippen LogP contribution in [0.1, 0.15) is 5.89 Å². The van der Waals surface area contributed by atoms with Gasteiger partial charge in [0.15, 0.2) is 16.3 Å². The number of rotatable bonds is 1. The summed E-state index contributed by atoms with van der Waals surface area (Å²) >= 11 is 9.40. The first kappa shape index (κ1) is 10.9. The molecule has 0 aliphatic heterocycles. The number of nitrogens with zero attached hydrogens (tertiary/aromatic N) is 1. The van der Waals surface area contributed by atoms with E-state index in [2.05, 4.69) is 25.9 Å². The highest BCUT2D eigenvalue weighted by Gasteiger charge is 2.15. The number of hydrogen-bond donors (Lipinski definition) is 1. The van der Waals surface area contributed by atoms with Gasteiger partial charge >= 0.3 is 0 Å². The first-order chi connectivity index (χ1) is 8.15. The molecule has 3 nitrogen and oxygen atoms in total. The van der Waals surface area contributed by atoms with Crippen molar-refractivity contribution in [2.45, 2.75) is 6.92 Å². The molecule has 2 aromatic heterocycles. The summed E-state index contributed by atoms with van der Waals surface area (Å²) in [6, 6.07) is 5.70. The van der Waals surface area contributed by atoms with E-state index < -0.39 is 0 Å². The van der Waals surface area contributed by atoms with Gasteiger partial charge < -0.3 is 9.40 Å². The van der Waals surface area contributed by atoms with Crippen molar-refractivity contribution >= 4 is 38.4 Å². The quantitative estimate of drug-likeness (QED) is 0.716. The van der Waals surface area contributed by atoms with E-state index in [1.165, 1.54) is 0 Å². The number of halogens is 2. The Morgan fingerprint density at radius 3 is 2.94 bits per heavy atom. The van der Waals surface area contributed by atoms with Crippen molar-refractivity contribution in [1.82, 2.24) is 9.97 Å². The molecule has 3 aromatic rings. The maximum atomic E-state index is 6.01. The average molecular weight is 312 g/mol. The van der Waals surface area contributed by atoms with Crippen molar-refractivity contribution in [3.8, 4) is 11.3 Å². The lowest BCUT2D eigenvalue weighted by Crippen LogP contribution is -1.73. The number of aryl methyl sites for hydroxylation is 1. The summed E-state index contributed by atoms with van der Waals surface area (Å²) in [6.07, 6.45) is 1.89. The second-order valence-electron chi connectivity index (χ2n) is 3.75. The Morgan fingerprint density at radius 1 is 1.41 bits per heavy atom. The van der Waals surface area contributed by atoms with Crippen molar-refractivity contribution in [2.75, 3.05) is 0 Å². The van der Waals surface area contributed by atoms with Crippen LogP contribution in [0, 0.1) is 6.92 Å². The van der Waals surface area contributed by atoms with Gasteiger partial charge in [0.25, 0.3) is 0 Å². The largest absolute Gasteiger partial charge is 0.440 e. The Labute approximate surface area is 111 Å². The zero-order chi connectivity index (χ0) is 12.0. The van der Waals surface area contributed by atoms with Gasteiger partial charge in [-0.1, -0.05) is 11.6 Å². The molecular weight excluding hydrogens is 304 g/mol. The van der Waals surface area contributed by atoms with E-state index in [9.17, 15) is 0 Å². The normalized spacial score (nSPS) is 11.2. The molecule has 2 heterocycles. The molecule has 0 aliphatic carbocycles. The number of H-pyrrole nitrogens is 1. The lowest BCUT2D eigenvalue weighted by Gasteiger charge is -1.96. The summed E-state index contributed by atoms with van der Waals surface area (Å²) in [5.74, 6) is 1.35. The van der Waals surface area contributed by atoms with E-state index in [1.807, 2.05) is 31.3 Å². The molecule has 5 heteroatoms. The molecule has 0 unspecified atom stereocenters. The first-order valence-electron chi connectivity index (χ1n) is 5.05. The van der Waals surface area contributed by atoms with Crippen LogP contribution in [-0.4, -0.2) is 9.97 Å². The molecule has 0 spiro atoms.